The van der Waals surface area contributed by atoms with Gasteiger partial charge in [0.15, 0.2) is 0 Å². The number of unbranched alkanes of at least 4 members (excludes halogenated alkanes) is 1. The molecule has 1 fully saturated rings. The number of likely N-dealkylation sites (tertiary alicyclic amines) is 1. The molecule has 1 saturated heterocycles. The molecule has 0 saturated carbocycles. The number of carbonyl (C=O) groups excluding carboxylic acids is 1. The smallest absolute Gasteiger partial charge is 0.409 e. The van der Waals surface area contributed by atoms with Gasteiger partial charge in [-0.2, -0.15) is 4.98 Å². The predicted molar refractivity (Wildman–Crippen MR) is 82.9 cm³/mol. The second kappa shape index (κ2) is 8.03. The number of piperidine rings is 1. The van der Waals surface area contributed by atoms with E-state index in [4.69, 9.17) is 26.8 Å². The van der Waals surface area contributed by atoms with E-state index in [2.05, 4.69) is 16.9 Å². The van der Waals surface area contributed by atoms with Gasteiger partial charge in [-0.15, -0.1) is 0 Å². The van der Waals surface area contributed by atoms with Crippen LogP contribution in [0.2, 0.25) is 5.02 Å². The van der Waals surface area contributed by atoms with Crippen LogP contribution in [0.3, 0.4) is 0 Å². The van der Waals surface area contributed by atoms with E-state index >= 15 is 0 Å². The van der Waals surface area contributed by atoms with E-state index in [1.165, 1.54) is 6.20 Å². The molecule has 2 N–H and O–H groups in total. The molecule has 22 heavy (non-hydrogen) atoms. The third kappa shape index (κ3) is 4.62. The number of amides is 1. The zero-order valence-corrected chi connectivity index (χ0v) is 13.4. The zero-order chi connectivity index (χ0) is 15.9. The minimum atomic E-state index is -0.251. The maximum atomic E-state index is 11.8. The molecule has 1 aromatic heterocycles. The van der Waals surface area contributed by atoms with E-state index in [9.17, 15) is 4.79 Å². The normalized spacial score (nSPS) is 15.6. The summed E-state index contributed by atoms with van der Waals surface area (Å²) in [5, 5.41) is 0.303. The van der Waals surface area contributed by atoms with Crippen LogP contribution in [-0.4, -0.2) is 46.8 Å². The van der Waals surface area contributed by atoms with Crippen molar-refractivity contribution in [3.05, 3.63) is 11.2 Å². The molecule has 0 radical (unpaired) electrons. The van der Waals surface area contributed by atoms with Gasteiger partial charge < -0.3 is 20.1 Å². The van der Waals surface area contributed by atoms with Gasteiger partial charge >= 0.3 is 12.1 Å². The fraction of sp³-hybridized carbons (Fsp3) is 0.643. The first kappa shape index (κ1) is 16.6. The third-order valence-corrected chi connectivity index (χ3v) is 3.74. The molecule has 0 spiro atoms. The van der Waals surface area contributed by atoms with Crippen molar-refractivity contribution in [1.29, 1.82) is 0 Å². The summed E-state index contributed by atoms with van der Waals surface area (Å²) in [6.45, 7) is 3.73. The van der Waals surface area contributed by atoms with Gasteiger partial charge in [-0.3, -0.25) is 0 Å². The maximum absolute atomic E-state index is 11.8. The van der Waals surface area contributed by atoms with Crippen molar-refractivity contribution in [2.24, 2.45) is 0 Å². The summed E-state index contributed by atoms with van der Waals surface area (Å²) in [4.78, 5) is 21.5. The molecule has 2 rings (SSSR count). The van der Waals surface area contributed by atoms with Crippen LogP contribution in [0.4, 0.5) is 10.6 Å². The highest BCUT2D eigenvalue weighted by Gasteiger charge is 2.25. The van der Waals surface area contributed by atoms with Gasteiger partial charge in [-0.05, 0) is 6.42 Å². The van der Waals surface area contributed by atoms with Crippen LogP contribution < -0.4 is 10.5 Å². The molecule has 1 aliphatic heterocycles. The Balaban J connectivity index is 1.77. The molecule has 1 aromatic rings. The van der Waals surface area contributed by atoms with Crippen molar-refractivity contribution in [2.45, 2.75) is 38.7 Å². The van der Waals surface area contributed by atoms with Crippen molar-refractivity contribution in [3.63, 3.8) is 0 Å². The second-order valence-electron chi connectivity index (χ2n) is 5.16. The summed E-state index contributed by atoms with van der Waals surface area (Å²) in [6.07, 6.45) is 4.43. The first-order chi connectivity index (χ1) is 10.6. The number of halogens is 1. The highest BCUT2D eigenvalue weighted by molar-refractivity contribution is 6.32. The quantitative estimate of drug-likeness (QED) is 0.835. The minimum absolute atomic E-state index is 0.0414. The second-order valence-corrected chi connectivity index (χ2v) is 5.57. The van der Waals surface area contributed by atoms with Crippen LogP contribution in [0.15, 0.2) is 6.20 Å². The van der Waals surface area contributed by atoms with Crippen molar-refractivity contribution in [2.75, 3.05) is 25.4 Å². The van der Waals surface area contributed by atoms with Gasteiger partial charge in [0, 0.05) is 25.9 Å². The van der Waals surface area contributed by atoms with Crippen molar-refractivity contribution >= 4 is 23.5 Å². The first-order valence-corrected chi connectivity index (χ1v) is 7.84. The Morgan fingerprint density at radius 2 is 2.23 bits per heavy atom. The molecule has 0 aromatic carbocycles. The summed E-state index contributed by atoms with van der Waals surface area (Å²) in [6, 6.07) is 0.214. The lowest BCUT2D eigenvalue weighted by atomic mass is 10.1. The average Bonchev–Trinajstić information content (AvgIpc) is 2.52. The lowest BCUT2D eigenvalue weighted by molar-refractivity contribution is 0.0640. The molecule has 122 valence electrons. The summed E-state index contributed by atoms with van der Waals surface area (Å²) in [5.74, 6) is 0.198. The van der Waals surface area contributed by atoms with Gasteiger partial charge in [0.05, 0.1) is 12.8 Å². The Kier molecular flexibility index (Phi) is 6.06. The molecule has 1 amide bonds. The Hall–Kier alpha value is -1.76. The Labute approximate surface area is 134 Å². The molecular weight excluding hydrogens is 308 g/mol. The molecule has 0 aliphatic carbocycles. The van der Waals surface area contributed by atoms with Crippen LogP contribution in [0.5, 0.6) is 6.01 Å². The van der Waals surface area contributed by atoms with Gasteiger partial charge in [-0.25, -0.2) is 9.78 Å². The lowest BCUT2D eigenvalue weighted by Crippen LogP contribution is -2.42. The van der Waals surface area contributed by atoms with Crippen LogP contribution in [0.1, 0.15) is 32.6 Å². The summed E-state index contributed by atoms with van der Waals surface area (Å²) < 4.78 is 10.9. The molecule has 2 heterocycles. The van der Waals surface area contributed by atoms with E-state index in [1.807, 2.05) is 0 Å². The molecule has 1 aliphatic rings. The van der Waals surface area contributed by atoms with Gasteiger partial charge in [0.2, 0.25) is 0 Å². The van der Waals surface area contributed by atoms with Gasteiger partial charge in [-0.1, -0.05) is 24.9 Å². The number of hydrogen-bond acceptors (Lipinski definition) is 6. The highest BCUT2D eigenvalue weighted by atomic mass is 35.5. The molecule has 0 atom stereocenters. The van der Waals surface area contributed by atoms with Crippen LogP contribution in [-0.2, 0) is 4.74 Å². The van der Waals surface area contributed by atoms with E-state index in [-0.39, 0.29) is 24.0 Å². The SMILES string of the molecule is CCCCOC(=O)N1CCC(Oc2ncc(Cl)c(N)n2)CC1. The average molecular weight is 329 g/mol. The maximum Gasteiger partial charge on any atom is 0.409 e. The fourth-order valence-electron chi connectivity index (χ4n) is 2.12. The van der Waals surface area contributed by atoms with Gasteiger partial charge in [0.25, 0.3) is 0 Å². The third-order valence-electron chi connectivity index (χ3n) is 3.44. The van der Waals surface area contributed by atoms with E-state index in [0.29, 0.717) is 37.6 Å². The molecule has 7 nitrogen and oxygen atoms in total. The lowest BCUT2D eigenvalue weighted by Gasteiger charge is -2.30. The standard InChI is InChI=1S/C14H21ClN4O3/c1-2-3-8-21-14(20)19-6-4-10(5-7-19)22-13-17-9-11(15)12(16)18-13/h9-10H,2-8H2,1H3,(H2,16,17,18). The number of carbonyl (C=O) groups is 1. The first-order valence-electron chi connectivity index (χ1n) is 7.46. The van der Waals surface area contributed by atoms with Crippen molar-refractivity contribution < 1.29 is 14.3 Å². The number of rotatable bonds is 5. The Bertz CT molecular complexity index is 507. The monoisotopic (exact) mass is 328 g/mol. The summed E-state index contributed by atoms with van der Waals surface area (Å²) in [7, 11) is 0. The van der Waals surface area contributed by atoms with Crippen LogP contribution in [0.25, 0.3) is 0 Å². The minimum Gasteiger partial charge on any atom is -0.460 e. The summed E-state index contributed by atoms with van der Waals surface area (Å²) >= 11 is 5.77. The highest BCUT2D eigenvalue weighted by Crippen LogP contribution is 2.20. The van der Waals surface area contributed by atoms with Crippen LogP contribution in [0, 0.1) is 0 Å². The Morgan fingerprint density at radius 3 is 2.86 bits per heavy atom. The van der Waals surface area contributed by atoms with Crippen LogP contribution >= 0.6 is 11.6 Å². The largest absolute Gasteiger partial charge is 0.460 e. The van der Waals surface area contributed by atoms with E-state index in [0.717, 1.165) is 12.8 Å². The predicted octanol–water partition coefficient (Wildman–Crippen LogP) is 2.49. The molecule has 0 bridgehead atoms. The topological polar surface area (TPSA) is 90.6 Å². The van der Waals surface area contributed by atoms with E-state index < -0.39 is 0 Å². The number of nitrogens with zero attached hydrogens (tertiary/aromatic N) is 3. The number of ether oxygens (including phenoxy) is 2. The number of anilines is 1. The van der Waals surface area contributed by atoms with Crippen molar-refractivity contribution in [1.82, 2.24) is 14.9 Å². The van der Waals surface area contributed by atoms with Crippen molar-refractivity contribution in [3.8, 4) is 6.01 Å². The number of nitrogen functional groups attached to an aromatic ring is 1. The number of hydrogen-bond donors (Lipinski definition) is 1. The molecular formula is C14H21ClN4O3. The zero-order valence-electron chi connectivity index (χ0n) is 12.6. The Morgan fingerprint density at radius 1 is 1.50 bits per heavy atom. The van der Waals surface area contributed by atoms with E-state index in [1.54, 1.807) is 4.90 Å². The number of aromatic nitrogens is 2. The summed E-state index contributed by atoms with van der Waals surface area (Å²) in [5.41, 5.74) is 5.61. The number of nitrogens with two attached hydrogens (primary N) is 1. The fourth-order valence-corrected chi connectivity index (χ4v) is 2.21. The van der Waals surface area contributed by atoms with Gasteiger partial charge in [0.1, 0.15) is 16.9 Å². The molecule has 8 heteroatoms. The molecule has 0 unspecified atom stereocenters.